The van der Waals surface area contributed by atoms with E-state index in [0.717, 1.165) is 43.7 Å². The Hall–Kier alpha value is -0.840. The van der Waals surface area contributed by atoms with Gasteiger partial charge in [-0.3, -0.25) is 0 Å². The summed E-state index contributed by atoms with van der Waals surface area (Å²) in [7, 11) is -2.97. The molecule has 0 amide bonds. The standard InChI is InChI=1S/C18H32N4O3S.HI/c1-5-14(6-2)16-10-15(25-22-16)11-20-17(19-7-3)21-12-18(8-9-18)13-26(4,23)24;/h10,14H,5-9,11-13H2,1-4H3,(H2,19,20,21);1H. The molecule has 2 N–H and O–H groups in total. The topological polar surface area (TPSA) is 96.6 Å². The summed E-state index contributed by atoms with van der Waals surface area (Å²) >= 11 is 0. The zero-order valence-electron chi connectivity index (χ0n) is 16.7. The van der Waals surface area contributed by atoms with Crippen LogP contribution in [0.5, 0.6) is 0 Å². The largest absolute Gasteiger partial charge is 0.359 e. The number of halogens is 1. The van der Waals surface area contributed by atoms with E-state index in [9.17, 15) is 8.42 Å². The maximum atomic E-state index is 11.6. The van der Waals surface area contributed by atoms with Crippen LogP contribution in [0.25, 0.3) is 0 Å². The maximum Gasteiger partial charge on any atom is 0.191 e. The molecule has 0 atom stereocenters. The van der Waals surface area contributed by atoms with Gasteiger partial charge in [-0.05, 0) is 32.6 Å². The zero-order chi connectivity index (χ0) is 19.2. The third-order valence-corrected chi connectivity index (χ3v) is 6.01. The van der Waals surface area contributed by atoms with Crippen molar-refractivity contribution < 1.29 is 12.9 Å². The second kappa shape index (κ2) is 10.6. The third-order valence-electron chi connectivity index (χ3n) is 4.87. The Morgan fingerprint density at radius 2 is 1.96 bits per heavy atom. The fraction of sp³-hybridized carbons (Fsp3) is 0.778. The SMILES string of the molecule is CCNC(=NCc1cc(C(CC)CC)no1)NCC1(CS(C)(=O)=O)CC1.I. The molecule has 0 radical (unpaired) electrons. The van der Waals surface area contributed by atoms with Gasteiger partial charge in [-0.1, -0.05) is 19.0 Å². The van der Waals surface area contributed by atoms with E-state index in [-0.39, 0.29) is 35.1 Å². The molecule has 0 spiro atoms. The van der Waals surface area contributed by atoms with Gasteiger partial charge < -0.3 is 15.2 Å². The molecule has 9 heteroatoms. The molecule has 1 aromatic rings. The average Bonchev–Trinajstić information content (AvgIpc) is 3.15. The number of hydrogen-bond donors (Lipinski definition) is 2. The molecule has 0 saturated heterocycles. The molecule has 0 unspecified atom stereocenters. The summed E-state index contributed by atoms with van der Waals surface area (Å²) in [6, 6.07) is 1.98. The molecular weight excluding hydrogens is 479 g/mol. The first-order chi connectivity index (χ1) is 12.3. The first kappa shape index (κ1) is 24.2. The molecule has 27 heavy (non-hydrogen) atoms. The molecule has 0 bridgehead atoms. The summed E-state index contributed by atoms with van der Waals surface area (Å²) in [6.45, 7) is 8.06. The number of aliphatic imine (C=N–C) groups is 1. The zero-order valence-corrected chi connectivity index (χ0v) is 19.9. The summed E-state index contributed by atoms with van der Waals surface area (Å²) in [4.78, 5) is 4.55. The average molecular weight is 512 g/mol. The van der Waals surface area contributed by atoms with Crippen LogP contribution in [0.2, 0.25) is 0 Å². The second-order valence-corrected chi connectivity index (χ2v) is 9.49. The Bertz CT molecular complexity index is 710. The Balaban J connectivity index is 0.00000364. The van der Waals surface area contributed by atoms with Gasteiger partial charge in [0.15, 0.2) is 11.7 Å². The molecule has 0 aliphatic heterocycles. The summed E-state index contributed by atoms with van der Waals surface area (Å²) in [5.74, 6) is 2.07. The highest BCUT2D eigenvalue weighted by Gasteiger charge is 2.45. The van der Waals surface area contributed by atoms with E-state index in [4.69, 9.17) is 4.52 Å². The van der Waals surface area contributed by atoms with Gasteiger partial charge >= 0.3 is 0 Å². The van der Waals surface area contributed by atoms with E-state index in [1.807, 2.05) is 13.0 Å². The lowest BCUT2D eigenvalue weighted by Crippen LogP contribution is -2.41. The summed E-state index contributed by atoms with van der Waals surface area (Å²) in [6.07, 6.45) is 5.26. The van der Waals surface area contributed by atoms with Crippen LogP contribution < -0.4 is 10.6 Å². The minimum absolute atomic E-state index is 0. The molecule has 2 rings (SSSR count). The van der Waals surface area contributed by atoms with Crippen LogP contribution in [-0.4, -0.2) is 44.6 Å². The van der Waals surface area contributed by atoms with E-state index in [0.29, 0.717) is 25.0 Å². The predicted molar refractivity (Wildman–Crippen MR) is 119 cm³/mol. The van der Waals surface area contributed by atoms with Crippen molar-refractivity contribution in [3.8, 4) is 0 Å². The van der Waals surface area contributed by atoms with Crippen molar-refractivity contribution in [3.63, 3.8) is 0 Å². The lowest BCUT2D eigenvalue weighted by atomic mass is 9.99. The highest BCUT2D eigenvalue weighted by Crippen LogP contribution is 2.45. The molecule has 1 fully saturated rings. The molecule has 7 nitrogen and oxygen atoms in total. The normalized spacial score (nSPS) is 16.1. The van der Waals surface area contributed by atoms with Gasteiger partial charge in [0, 0.05) is 36.7 Å². The monoisotopic (exact) mass is 512 g/mol. The first-order valence-electron chi connectivity index (χ1n) is 9.46. The quantitative estimate of drug-likeness (QED) is 0.284. The van der Waals surface area contributed by atoms with Crippen LogP contribution in [0.3, 0.4) is 0 Å². The van der Waals surface area contributed by atoms with E-state index in [1.54, 1.807) is 0 Å². The van der Waals surface area contributed by atoms with E-state index < -0.39 is 9.84 Å². The highest BCUT2D eigenvalue weighted by molar-refractivity contribution is 14.0. The minimum atomic E-state index is -2.97. The van der Waals surface area contributed by atoms with Crippen molar-refractivity contribution in [1.29, 1.82) is 0 Å². The number of rotatable bonds is 10. The summed E-state index contributed by atoms with van der Waals surface area (Å²) < 4.78 is 28.6. The summed E-state index contributed by atoms with van der Waals surface area (Å²) in [5, 5.41) is 10.6. The second-order valence-electron chi connectivity index (χ2n) is 7.35. The van der Waals surface area contributed by atoms with Crippen molar-refractivity contribution in [3.05, 3.63) is 17.5 Å². The summed E-state index contributed by atoms with van der Waals surface area (Å²) in [5.41, 5.74) is 0.849. The van der Waals surface area contributed by atoms with Gasteiger partial charge in [0.25, 0.3) is 0 Å². The van der Waals surface area contributed by atoms with Gasteiger partial charge in [0.2, 0.25) is 0 Å². The van der Waals surface area contributed by atoms with Gasteiger partial charge in [0.05, 0.1) is 11.4 Å². The van der Waals surface area contributed by atoms with Crippen LogP contribution >= 0.6 is 24.0 Å². The number of nitrogens with one attached hydrogen (secondary N) is 2. The number of nitrogens with zero attached hydrogens (tertiary/aromatic N) is 2. The molecule has 1 aliphatic carbocycles. The molecule has 1 aromatic heterocycles. The van der Waals surface area contributed by atoms with Crippen molar-refractivity contribution in [2.24, 2.45) is 10.4 Å². The fourth-order valence-electron chi connectivity index (χ4n) is 3.18. The Morgan fingerprint density at radius 3 is 2.48 bits per heavy atom. The lowest BCUT2D eigenvalue weighted by molar-refractivity contribution is 0.372. The molecule has 1 saturated carbocycles. The minimum Gasteiger partial charge on any atom is -0.359 e. The van der Waals surface area contributed by atoms with Crippen LogP contribution in [0.4, 0.5) is 0 Å². The fourth-order valence-corrected chi connectivity index (χ4v) is 4.68. The van der Waals surface area contributed by atoms with Crippen LogP contribution in [0.1, 0.15) is 63.8 Å². The van der Waals surface area contributed by atoms with Crippen molar-refractivity contribution in [1.82, 2.24) is 15.8 Å². The van der Waals surface area contributed by atoms with Crippen LogP contribution in [0.15, 0.2) is 15.6 Å². The maximum absolute atomic E-state index is 11.6. The van der Waals surface area contributed by atoms with E-state index in [1.165, 1.54) is 6.26 Å². The lowest BCUT2D eigenvalue weighted by Gasteiger charge is -2.17. The van der Waals surface area contributed by atoms with Gasteiger partial charge in [-0.2, -0.15) is 0 Å². The molecule has 1 aliphatic rings. The van der Waals surface area contributed by atoms with Gasteiger partial charge in [0.1, 0.15) is 16.4 Å². The smallest absolute Gasteiger partial charge is 0.191 e. The Kier molecular flexibility index (Phi) is 9.53. The predicted octanol–water partition coefficient (Wildman–Crippen LogP) is 3.08. The van der Waals surface area contributed by atoms with Crippen LogP contribution in [-0.2, 0) is 16.4 Å². The van der Waals surface area contributed by atoms with E-state index >= 15 is 0 Å². The van der Waals surface area contributed by atoms with Crippen molar-refractivity contribution >= 4 is 39.8 Å². The van der Waals surface area contributed by atoms with Crippen molar-refractivity contribution in [2.45, 2.75) is 58.9 Å². The van der Waals surface area contributed by atoms with Gasteiger partial charge in [-0.15, -0.1) is 24.0 Å². The van der Waals surface area contributed by atoms with E-state index in [2.05, 4.69) is 34.6 Å². The Morgan fingerprint density at radius 1 is 1.30 bits per heavy atom. The molecular formula is C18H33IN4O3S. The van der Waals surface area contributed by atoms with Gasteiger partial charge in [-0.25, -0.2) is 13.4 Å². The number of guanidine groups is 1. The third kappa shape index (κ3) is 7.97. The number of sulfone groups is 1. The Labute approximate surface area is 180 Å². The molecule has 1 heterocycles. The highest BCUT2D eigenvalue weighted by atomic mass is 127. The van der Waals surface area contributed by atoms with Crippen molar-refractivity contribution in [2.75, 3.05) is 25.1 Å². The number of hydrogen-bond acceptors (Lipinski definition) is 5. The van der Waals surface area contributed by atoms with Crippen LogP contribution in [0, 0.1) is 5.41 Å². The molecule has 0 aromatic carbocycles. The number of aromatic nitrogens is 1. The first-order valence-corrected chi connectivity index (χ1v) is 11.5. The molecule has 156 valence electrons.